The summed E-state index contributed by atoms with van der Waals surface area (Å²) in [5, 5.41) is 3.40. The summed E-state index contributed by atoms with van der Waals surface area (Å²) in [5.74, 6) is 0.877. The number of nitrogens with two attached hydrogens (primary N) is 1. The third-order valence-electron chi connectivity index (χ3n) is 3.23. The summed E-state index contributed by atoms with van der Waals surface area (Å²) in [4.78, 5) is 0. The van der Waals surface area contributed by atoms with E-state index in [1.165, 1.54) is 25.9 Å². The quantitative estimate of drug-likeness (QED) is 0.671. The topological polar surface area (TPSA) is 38.0 Å². The summed E-state index contributed by atoms with van der Waals surface area (Å²) >= 11 is 0. The molecule has 1 heterocycles. The van der Waals surface area contributed by atoms with Crippen LogP contribution in [-0.2, 0) is 0 Å². The molecule has 1 aliphatic heterocycles. The monoisotopic (exact) mass is 170 g/mol. The second-order valence-corrected chi connectivity index (χ2v) is 4.55. The van der Waals surface area contributed by atoms with Crippen molar-refractivity contribution in [2.24, 2.45) is 17.1 Å². The van der Waals surface area contributed by atoms with E-state index >= 15 is 0 Å². The maximum Gasteiger partial charge on any atom is -0.00461 e. The van der Waals surface area contributed by atoms with Crippen LogP contribution in [0, 0.1) is 11.3 Å². The normalized spacial score (nSPS) is 21.2. The lowest BCUT2D eigenvalue weighted by Gasteiger charge is -2.37. The van der Waals surface area contributed by atoms with Crippen molar-refractivity contribution >= 4 is 0 Å². The Balaban J connectivity index is 2.41. The molecule has 12 heavy (non-hydrogen) atoms. The van der Waals surface area contributed by atoms with Gasteiger partial charge in [-0.25, -0.2) is 0 Å². The van der Waals surface area contributed by atoms with Crippen molar-refractivity contribution in [1.82, 2.24) is 5.32 Å². The Kier molecular flexibility index (Phi) is 3.53. The molecule has 0 radical (unpaired) electrons. The Morgan fingerprint density at radius 3 is 2.42 bits per heavy atom. The minimum absolute atomic E-state index is 0.455. The van der Waals surface area contributed by atoms with E-state index in [4.69, 9.17) is 5.73 Å². The Hall–Kier alpha value is -0.0800. The largest absolute Gasteiger partial charge is 0.330 e. The van der Waals surface area contributed by atoms with E-state index in [0.29, 0.717) is 5.41 Å². The summed E-state index contributed by atoms with van der Waals surface area (Å²) in [7, 11) is 0. The minimum atomic E-state index is 0.455. The van der Waals surface area contributed by atoms with Gasteiger partial charge in [0.2, 0.25) is 0 Å². The highest BCUT2D eigenvalue weighted by atomic mass is 14.9. The minimum Gasteiger partial charge on any atom is -0.330 e. The van der Waals surface area contributed by atoms with Crippen LogP contribution >= 0.6 is 0 Å². The van der Waals surface area contributed by atoms with E-state index in [9.17, 15) is 0 Å². The molecule has 72 valence electrons. The fraction of sp³-hybridized carbons (Fsp3) is 1.00. The number of rotatable bonds is 3. The van der Waals surface area contributed by atoms with Crippen LogP contribution in [0.25, 0.3) is 0 Å². The number of nitrogens with one attached hydrogen (secondary N) is 1. The predicted octanol–water partition coefficient (Wildman–Crippen LogP) is 1.36. The van der Waals surface area contributed by atoms with Gasteiger partial charge in [-0.05, 0) is 50.2 Å². The first-order valence-corrected chi connectivity index (χ1v) is 5.07. The van der Waals surface area contributed by atoms with Crippen molar-refractivity contribution in [2.45, 2.75) is 33.1 Å². The average Bonchev–Trinajstić information content (AvgIpc) is 2.06. The zero-order valence-electron chi connectivity index (χ0n) is 8.40. The number of hydrogen-bond acceptors (Lipinski definition) is 2. The van der Waals surface area contributed by atoms with Gasteiger partial charge in [-0.3, -0.25) is 0 Å². The summed E-state index contributed by atoms with van der Waals surface area (Å²) in [5.41, 5.74) is 6.06. The fourth-order valence-electron chi connectivity index (χ4n) is 2.18. The second-order valence-electron chi connectivity index (χ2n) is 4.55. The lowest BCUT2D eigenvalue weighted by Crippen LogP contribution is -2.36. The molecule has 1 aliphatic rings. The molecule has 0 amide bonds. The maximum atomic E-state index is 5.61. The van der Waals surface area contributed by atoms with Gasteiger partial charge in [0.25, 0.3) is 0 Å². The molecule has 3 N–H and O–H groups in total. The van der Waals surface area contributed by atoms with Gasteiger partial charge in [-0.2, -0.15) is 0 Å². The van der Waals surface area contributed by atoms with Crippen molar-refractivity contribution in [3.05, 3.63) is 0 Å². The molecule has 0 bridgehead atoms. The molecule has 0 aromatic rings. The molecule has 0 aromatic carbocycles. The first-order valence-electron chi connectivity index (χ1n) is 5.07. The van der Waals surface area contributed by atoms with Crippen LogP contribution in [0.2, 0.25) is 0 Å². The molecular formula is C10H22N2. The van der Waals surface area contributed by atoms with Gasteiger partial charge in [-0.1, -0.05) is 13.8 Å². The van der Waals surface area contributed by atoms with Gasteiger partial charge in [0.1, 0.15) is 0 Å². The molecule has 1 fully saturated rings. The van der Waals surface area contributed by atoms with Crippen molar-refractivity contribution in [3.63, 3.8) is 0 Å². The van der Waals surface area contributed by atoms with Gasteiger partial charge >= 0.3 is 0 Å². The summed E-state index contributed by atoms with van der Waals surface area (Å²) in [6.07, 6.45) is 3.82. The molecule has 0 aromatic heterocycles. The van der Waals surface area contributed by atoms with Crippen LogP contribution in [-0.4, -0.2) is 19.6 Å². The van der Waals surface area contributed by atoms with Crippen LogP contribution in [0.15, 0.2) is 0 Å². The molecular weight excluding hydrogens is 148 g/mol. The average molecular weight is 170 g/mol. The fourth-order valence-corrected chi connectivity index (χ4v) is 2.18. The molecule has 0 saturated carbocycles. The van der Waals surface area contributed by atoms with E-state index in [0.717, 1.165) is 18.9 Å². The highest BCUT2D eigenvalue weighted by Gasteiger charge is 2.29. The zero-order valence-corrected chi connectivity index (χ0v) is 8.40. The number of piperidine rings is 1. The molecule has 0 spiro atoms. The van der Waals surface area contributed by atoms with Gasteiger partial charge in [0.05, 0.1) is 0 Å². The summed E-state index contributed by atoms with van der Waals surface area (Å²) < 4.78 is 0. The molecule has 2 heteroatoms. The summed E-state index contributed by atoms with van der Waals surface area (Å²) in [6, 6.07) is 0. The van der Waals surface area contributed by atoms with Gasteiger partial charge < -0.3 is 11.1 Å². The van der Waals surface area contributed by atoms with Gasteiger partial charge in [-0.15, -0.1) is 0 Å². The lowest BCUT2D eigenvalue weighted by molar-refractivity contribution is 0.156. The Labute approximate surface area is 75.9 Å². The highest BCUT2D eigenvalue weighted by molar-refractivity contribution is 4.82. The van der Waals surface area contributed by atoms with E-state index in [-0.39, 0.29) is 0 Å². The third-order valence-corrected chi connectivity index (χ3v) is 3.23. The number of hydrogen-bond donors (Lipinski definition) is 2. The third kappa shape index (κ3) is 2.46. The van der Waals surface area contributed by atoms with Crippen molar-refractivity contribution in [2.75, 3.05) is 19.6 Å². The van der Waals surface area contributed by atoms with E-state index < -0.39 is 0 Å². The second kappa shape index (κ2) is 4.24. The van der Waals surface area contributed by atoms with Crippen LogP contribution in [0.3, 0.4) is 0 Å². The Morgan fingerprint density at radius 2 is 1.92 bits per heavy atom. The maximum absolute atomic E-state index is 5.61. The predicted molar refractivity (Wildman–Crippen MR) is 53.0 cm³/mol. The highest BCUT2D eigenvalue weighted by Crippen LogP contribution is 2.35. The Bertz CT molecular complexity index is 126. The SMILES string of the molecule is CC(C)(CCN)C1CCNCC1. The van der Waals surface area contributed by atoms with Gasteiger partial charge in [0.15, 0.2) is 0 Å². The Morgan fingerprint density at radius 1 is 1.33 bits per heavy atom. The lowest BCUT2D eigenvalue weighted by atomic mass is 9.72. The molecule has 0 unspecified atom stereocenters. The van der Waals surface area contributed by atoms with E-state index in [1.54, 1.807) is 0 Å². The molecule has 2 nitrogen and oxygen atoms in total. The molecule has 0 atom stereocenters. The first-order chi connectivity index (χ1) is 5.67. The van der Waals surface area contributed by atoms with Gasteiger partial charge in [0, 0.05) is 0 Å². The van der Waals surface area contributed by atoms with Crippen molar-refractivity contribution in [1.29, 1.82) is 0 Å². The van der Waals surface area contributed by atoms with Crippen LogP contribution in [0.4, 0.5) is 0 Å². The first kappa shape index (κ1) is 10.0. The van der Waals surface area contributed by atoms with Crippen molar-refractivity contribution in [3.8, 4) is 0 Å². The van der Waals surface area contributed by atoms with Crippen LogP contribution in [0.1, 0.15) is 33.1 Å². The van der Waals surface area contributed by atoms with Crippen molar-refractivity contribution < 1.29 is 0 Å². The van der Waals surface area contributed by atoms with E-state index in [1.807, 2.05) is 0 Å². The molecule has 1 rings (SSSR count). The zero-order chi connectivity index (χ0) is 9.03. The van der Waals surface area contributed by atoms with Crippen LogP contribution in [0.5, 0.6) is 0 Å². The molecule has 1 saturated heterocycles. The summed E-state index contributed by atoms with van der Waals surface area (Å²) in [6.45, 7) is 7.93. The molecule has 0 aliphatic carbocycles. The van der Waals surface area contributed by atoms with E-state index in [2.05, 4.69) is 19.2 Å². The smallest absolute Gasteiger partial charge is 0.00461 e. The van der Waals surface area contributed by atoms with Crippen LogP contribution < -0.4 is 11.1 Å². The standard InChI is InChI=1S/C10H22N2/c1-10(2,5-6-11)9-3-7-12-8-4-9/h9,12H,3-8,11H2,1-2H3.